The maximum atomic E-state index is 11.3. The molecule has 0 aromatic carbocycles. The fraction of sp³-hybridized carbons (Fsp3) is 0.667. The molecular formula is C12H21N5O. The highest BCUT2D eigenvalue weighted by Crippen LogP contribution is 2.21. The Hall–Kier alpha value is -1.56. The van der Waals surface area contributed by atoms with Crippen LogP contribution in [0.1, 0.15) is 25.7 Å². The molecule has 1 fully saturated rings. The van der Waals surface area contributed by atoms with Gasteiger partial charge >= 0.3 is 0 Å². The molecule has 1 aromatic heterocycles. The van der Waals surface area contributed by atoms with Crippen molar-refractivity contribution >= 4 is 11.5 Å². The first-order valence-corrected chi connectivity index (χ1v) is 6.45. The summed E-state index contributed by atoms with van der Waals surface area (Å²) in [5, 5.41) is 3.11. The summed E-state index contributed by atoms with van der Waals surface area (Å²) in [5.41, 5.74) is 5.50. The predicted octanol–water partition coefficient (Wildman–Crippen LogP) is 0.638. The van der Waals surface area contributed by atoms with Crippen molar-refractivity contribution in [2.75, 3.05) is 31.2 Å². The number of nitrogens with two attached hydrogens (primary N) is 1. The van der Waals surface area contributed by atoms with E-state index >= 15 is 0 Å². The molecule has 1 aliphatic rings. The molecule has 1 saturated carbocycles. The highest BCUT2D eigenvalue weighted by atomic mass is 16.1. The number of aromatic amines is 1. The first kappa shape index (κ1) is 12.9. The highest BCUT2D eigenvalue weighted by molar-refractivity contribution is 5.58. The van der Waals surface area contributed by atoms with Crippen molar-refractivity contribution < 1.29 is 0 Å². The Balaban J connectivity index is 1.81. The lowest BCUT2D eigenvalue weighted by molar-refractivity contribution is 0.254. The van der Waals surface area contributed by atoms with E-state index < -0.39 is 0 Å². The molecule has 1 aromatic rings. The second-order valence-corrected chi connectivity index (χ2v) is 4.84. The van der Waals surface area contributed by atoms with Crippen molar-refractivity contribution in [3.63, 3.8) is 0 Å². The number of aromatic nitrogens is 2. The lowest BCUT2D eigenvalue weighted by Gasteiger charge is -2.24. The van der Waals surface area contributed by atoms with E-state index in [4.69, 9.17) is 5.73 Å². The number of nitrogen functional groups attached to an aromatic ring is 1. The number of likely N-dealkylation sites (N-methyl/N-ethyl adjacent to an activating group) is 1. The molecule has 6 heteroatoms. The van der Waals surface area contributed by atoms with E-state index in [0.29, 0.717) is 11.9 Å². The summed E-state index contributed by atoms with van der Waals surface area (Å²) in [7, 11) is 2.15. The van der Waals surface area contributed by atoms with Crippen molar-refractivity contribution in [2.45, 2.75) is 31.7 Å². The van der Waals surface area contributed by atoms with Gasteiger partial charge < -0.3 is 20.9 Å². The second kappa shape index (κ2) is 5.86. The minimum absolute atomic E-state index is 0.154. The Kier molecular flexibility index (Phi) is 4.19. The van der Waals surface area contributed by atoms with Gasteiger partial charge in [-0.15, -0.1) is 0 Å². The number of hydrogen-bond donors (Lipinski definition) is 3. The van der Waals surface area contributed by atoms with E-state index in [2.05, 4.69) is 27.2 Å². The molecular weight excluding hydrogens is 230 g/mol. The van der Waals surface area contributed by atoms with Gasteiger partial charge in [0.15, 0.2) is 5.82 Å². The number of H-pyrrole nitrogens is 1. The molecule has 0 atom stereocenters. The summed E-state index contributed by atoms with van der Waals surface area (Å²) < 4.78 is 0. The van der Waals surface area contributed by atoms with E-state index in [1.165, 1.54) is 32.0 Å². The van der Waals surface area contributed by atoms with Crippen LogP contribution in [0, 0.1) is 0 Å². The first-order chi connectivity index (χ1) is 8.68. The van der Waals surface area contributed by atoms with Crippen LogP contribution in [0.5, 0.6) is 0 Å². The van der Waals surface area contributed by atoms with Crippen LogP contribution in [0.25, 0.3) is 0 Å². The molecule has 18 heavy (non-hydrogen) atoms. The van der Waals surface area contributed by atoms with E-state index in [-0.39, 0.29) is 11.2 Å². The number of hydrogen-bond acceptors (Lipinski definition) is 5. The number of nitrogens with one attached hydrogen (secondary N) is 2. The van der Waals surface area contributed by atoms with Gasteiger partial charge in [-0.2, -0.15) is 0 Å². The minimum Gasteiger partial charge on any atom is -0.391 e. The van der Waals surface area contributed by atoms with Crippen LogP contribution in [-0.2, 0) is 0 Å². The molecule has 2 rings (SSSR count). The lowest BCUT2D eigenvalue weighted by Crippen LogP contribution is -2.33. The standard InChI is InChI=1S/C12H21N5O/c1-17(9-4-2-3-5-9)7-6-14-11-10(13)12(18)16-8-15-11/h8-9H,2-7,13H2,1H3,(H2,14,15,16,18). The zero-order valence-electron chi connectivity index (χ0n) is 10.8. The van der Waals surface area contributed by atoms with E-state index in [0.717, 1.165) is 13.1 Å². The third-order valence-corrected chi connectivity index (χ3v) is 3.59. The topological polar surface area (TPSA) is 87.0 Å². The smallest absolute Gasteiger partial charge is 0.276 e. The Labute approximate surface area is 107 Å². The molecule has 0 amide bonds. The van der Waals surface area contributed by atoms with Crippen molar-refractivity contribution in [3.8, 4) is 0 Å². The van der Waals surface area contributed by atoms with Crippen LogP contribution >= 0.6 is 0 Å². The minimum atomic E-state index is -0.295. The van der Waals surface area contributed by atoms with Crippen molar-refractivity contribution in [1.82, 2.24) is 14.9 Å². The second-order valence-electron chi connectivity index (χ2n) is 4.84. The third kappa shape index (κ3) is 3.01. The summed E-state index contributed by atoms with van der Waals surface area (Å²) in [4.78, 5) is 20.1. The summed E-state index contributed by atoms with van der Waals surface area (Å²) in [5.74, 6) is 0.471. The normalized spacial score (nSPS) is 16.3. The molecule has 4 N–H and O–H groups in total. The summed E-state index contributed by atoms with van der Waals surface area (Å²) >= 11 is 0. The summed E-state index contributed by atoms with van der Waals surface area (Å²) in [6.45, 7) is 1.67. The van der Waals surface area contributed by atoms with Gasteiger partial charge in [0.05, 0.1) is 6.33 Å². The fourth-order valence-corrected chi connectivity index (χ4v) is 2.43. The van der Waals surface area contributed by atoms with Crippen molar-refractivity contribution in [1.29, 1.82) is 0 Å². The van der Waals surface area contributed by atoms with Gasteiger partial charge in [0.25, 0.3) is 5.56 Å². The lowest BCUT2D eigenvalue weighted by atomic mass is 10.2. The van der Waals surface area contributed by atoms with Crippen LogP contribution in [0.15, 0.2) is 11.1 Å². The van der Waals surface area contributed by atoms with E-state index in [1.807, 2.05) is 0 Å². The monoisotopic (exact) mass is 251 g/mol. The molecule has 100 valence electrons. The number of anilines is 2. The molecule has 1 heterocycles. The van der Waals surface area contributed by atoms with Gasteiger partial charge in [0.1, 0.15) is 5.69 Å². The SMILES string of the molecule is CN(CCNc1nc[nH]c(=O)c1N)C1CCCC1. The average molecular weight is 251 g/mol. The molecule has 0 saturated heterocycles. The maximum absolute atomic E-state index is 11.3. The predicted molar refractivity (Wildman–Crippen MR) is 72.6 cm³/mol. The van der Waals surface area contributed by atoms with Gasteiger partial charge in [-0.05, 0) is 19.9 Å². The zero-order valence-corrected chi connectivity index (χ0v) is 10.8. The molecule has 0 unspecified atom stereocenters. The first-order valence-electron chi connectivity index (χ1n) is 6.45. The molecule has 1 aliphatic carbocycles. The summed E-state index contributed by atoms with van der Waals surface area (Å²) in [6.07, 6.45) is 6.63. The van der Waals surface area contributed by atoms with Gasteiger partial charge in [0.2, 0.25) is 0 Å². The van der Waals surface area contributed by atoms with Gasteiger partial charge in [0, 0.05) is 19.1 Å². The highest BCUT2D eigenvalue weighted by Gasteiger charge is 2.18. The summed E-state index contributed by atoms with van der Waals surface area (Å²) in [6, 6.07) is 0.705. The van der Waals surface area contributed by atoms with Crippen LogP contribution in [0.2, 0.25) is 0 Å². The van der Waals surface area contributed by atoms with E-state index in [9.17, 15) is 4.79 Å². The Bertz CT molecular complexity index is 438. The maximum Gasteiger partial charge on any atom is 0.276 e. The number of rotatable bonds is 5. The molecule has 0 spiro atoms. The van der Waals surface area contributed by atoms with Crippen molar-refractivity contribution in [3.05, 3.63) is 16.7 Å². The van der Waals surface area contributed by atoms with Crippen LogP contribution in [-0.4, -0.2) is 41.0 Å². The van der Waals surface area contributed by atoms with Crippen LogP contribution in [0.3, 0.4) is 0 Å². The Morgan fingerprint density at radius 2 is 2.28 bits per heavy atom. The van der Waals surface area contributed by atoms with Crippen LogP contribution in [0.4, 0.5) is 11.5 Å². The quantitative estimate of drug-likeness (QED) is 0.715. The molecule has 0 aliphatic heterocycles. The van der Waals surface area contributed by atoms with Gasteiger partial charge in [-0.3, -0.25) is 4.79 Å². The molecule has 0 radical (unpaired) electrons. The van der Waals surface area contributed by atoms with Crippen LogP contribution < -0.4 is 16.6 Å². The van der Waals surface area contributed by atoms with Gasteiger partial charge in [-0.25, -0.2) is 4.98 Å². The number of nitrogens with zero attached hydrogens (tertiary/aromatic N) is 2. The third-order valence-electron chi connectivity index (χ3n) is 3.59. The molecule has 6 nitrogen and oxygen atoms in total. The fourth-order valence-electron chi connectivity index (χ4n) is 2.43. The Morgan fingerprint density at radius 1 is 1.56 bits per heavy atom. The average Bonchev–Trinajstić information content (AvgIpc) is 2.88. The van der Waals surface area contributed by atoms with E-state index in [1.54, 1.807) is 0 Å². The Morgan fingerprint density at radius 3 is 3.00 bits per heavy atom. The zero-order chi connectivity index (χ0) is 13.0. The largest absolute Gasteiger partial charge is 0.391 e. The molecule has 0 bridgehead atoms. The van der Waals surface area contributed by atoms with Crippen molar-refractivity contribution in [2.24, 2.45) is 0 Å². The van der Waals surface area contributed by atoms with Gasteiger partial charge in [-0.1, -0.05) is 12.8 Å².